The molecule has 2 unspecified atom stereocenters. The first kappa shape index (κ1) is 13.7. The molecule has 2 aromatic rings. The fraction of sp³-hybridized carbons (Fsp3) is 0.444. The summed E-state index contributed by atoms with van der Waals surface area (Å²) in [6.45, 7) is 4.51. The minimum atomic E-state index is -0.104. The van der Waals surface area contributed by atoms with Gasteiger partial charge in [0.1, 0.15) is 0 Å². The summed E-state index contributed by atoms with van der Waals surface area (Å²) in [4.78, 5) is 19.2. The number of hydrogen-bond donors (Lipinski definition) is 0. The molecule has 114 valence electrons. The molecular weight excluding hydrogens is 276 g/mol. The molecule has 3 heterocycles. The van der Waals surface area contributed by atoms with Crippen molar-refractivity contribution in [3.63, 3.8) is 0 Å². The number of aromatic nitrogens is 1. The summed E-state index contributed by atoms with van der Waals surface area (Å²) in [5.41, 5.74) is 1.38. The van der Waals surface area contributed by atoms with Crippen LogP contribution in [-0.4, -0.2) is 41.1 Å². The fourth-order valence-electron chi connectivity index (χ4n) is 3.82. The molecule has 0 aliphatic carbocycles. The Hall–Kier alpha value is -1.94. The van der Waals surface area contributed by atoms with Gasteiger partial charge < -0.3 is 9.64 Å². The number of hydrogen-bond acceptors (Lipinski definition) is 3. The van der Waals surface area contributed by atoms with Crippen molar-refractivity contribution in [3.8, 4) is 0 Å². The highest BCUT2D eigenvalue weighted by Crippen LogP contribution is 2.38. The number of carbonyl (C=O) groups excluding carboxylic acids is 1. The SMILES string of the molecule is CC1COC2(CCN(C(=O)c3cccc4cccnc34)C2)C1. The van der Waals surface area contributed by atoms with Crippen LogP contribution in [-0.2, 0) is 4.74 Å². The van der Waals surface area contributed by atoms with Gasteiger partial charge in [0.2, 0.25) is 0 Å². The maximum atomic E-state index is 12.9. The molecule has 1 aromatic carbocycles. The monoisotopic (exact) mass is 296 g/mol. The highest BCUT2D eigenvalue weighted by Gasteiger charge is 2.45. The number of carbonyl (C=O) groups is 1. The molecule has 2 aliphatic heterocycles. The van der Waals surface area contributed by atoms with Crippen LogP contribution in [0.2, 0.25) is 0 Å². The van der Waals surface area contributed by atoms with Crippen molar-refractivity contribution >= 4 is 16.8 Å². The second kappa shape index (κ2) is 5.06. The van der Waals surface area contributed by atoms with Crippen molar-refractivity contribution in [3.05, 3.63) is 42.1 Å². The van der Waals surface area contributed by atoms with Gasteiger partial charge in [-0.3, -0.25) is 9.78 Å². The number of likely N-dealkylation sites (tertiary alicyclic amines) is 1. The first-order valence-corrected chi connectivity index (χ1v) is 7.94. The minimum absolute atomic E-state index is 0.0735. The Kier molecular flexibility index (Phi) is 3.15. The van der Waals surface area contributed by atoms with Gasteiger partial charge in [0.05, 0.1) is 29.8 Å². The van der Waals surface area contributed by atoms with Gasteiger partial charge in [0.15, 0.2) is 0 Å². The molecule has 0 bridgehead atoms. The topological polar surface area (TPSA) is 42.4 Å². The Balaban J connectivity index is 1.62. The highest BCUT2D eigenvalue weighted by molar-refractivity contribution is 6.05. The second-order valence-corrected chi connectivity index (χ2v) is 6.66. The number of benzene rings is 1. The van der Waals surface area contributed by atoms with Gasteiger partial charge in [0.25, 0.3) is 5.91 Å². The lowest BCUT2D eigenvalue weighted by atomic mass is 9.94. The Morgan fingerprint density at radius 3 is 3.05 bits per heavy atom. The van der Waals surface area contributed by atoms with Crippen LogP contribution in [0.1, 0.15) is 30.1 Å². The summed E-state index contributed by atoms with van der Waals surface area (Å²) in [6, 6.07) is 9.69. The number of nitrogens with zero attached hydrogens (tertiary/aromatic N) is 2. The van der Waals surface area contributed by atoms with E-state index in [1.165, 1.54) is 0 Å². The van der Waals surface area contributed by atoms with Gasteiger partial charge in [0, 0.05) is 18.1 Å². The molecule has 2 fully saturated rings. The predicted octanol–water partition coefficient (Wildman–Crippen LogP) is 2.88. The van der Waals surface area contributed by atoms with Crippen molar-refractivity contribution in [2.24, 2.45) is 5.92 Å². The molecule has 1 spiro atoms. The van der Waals surface area contributed by atoms with Crippen LogP contribution in [0, 0.1) is 5.92 Å². The standard InChI is InChI=1S/C18H20N2O2/c1-13-10-18(22-11-13)7-9-20(12-18)17(21)15-6-2-4-14-5-3-8-19-16(14)15/h2-6,8,13H,7,9-12H2,1H3. The van der Waals surface area contributed by atoms with Gasteiger partial charge >= 0.3 is 0 Å². The first-order valence-electron chi connectivity index (χ1n) is 7.94. The maximum absolute atomic E-state index is 12.9. The fourth-order valence-corrected chi connectivity index (χ4v) is 3.82. The lowest BCUT2D eigenvalue weighted by molar-refractivity contribution is 0.0118. The summed E-state index contributed by atoms with van der Waals surface area (Å²) in [5.74, 6) is 0.665. The Morgan fingerprint density at radius 2 is 2.23 bits per heavy atom. The third-order valence-electron chi connectivity index (χ3n) is 4.86. The molecule has 2 atom stereocenters. The highest BCUT2D eigenvalue weighted by atomic mass is 16.5. The molecule has 0 radical (unpaired) electrons. The lowest BCUT2D eigenvalue weighted by Gasteiger charge is -2.23. The van der Waals surface area contributed by atoms with Crippen molar-refractivity contribution in [2.45, 2.75) is 25.4 Å². The van der Waals surface area contributed by atoms with E-state index in [0.29, 0.717) is 18.0 Å². The van der Waals surface area contributed by atoms with Crippen LogP contribution >= 0.6 is 0 Å². The van der Waals surface area contributed by atoms with Crippen molar-refractivity contribution in [1.29, 1.82) is 0 Å². The quantitative estimate of drug-likeness (QED) is 0.812. The molecule has 4 nitrogen and oxygen atoms in total. The summed E-state index contributed by atoms with van der Waals surface area (Å²) in [5, 5.41) is 1.01. The van der Waals surface area contributed by atoms with E-state index in [2.05, 4.69) is 11.9 Å². The number of para-hydroxylation sites is 1. The summed E-state index contributed by atoms with van der Waals surface area (Å²) >= 11 is 0. The smallest absolute Gasteiger partial charge is 0.256 e. The Morgan fingerprint density at radius 1 is 1.36 bits per heavy atom. The number of pyridine rings is 1. The molecule has 0 saturated carbocycles. The zero-order valence-electron chi connectivity index (χ0n) is 12.8. The number of rotatable bonds is 1. The zero-order valence-corrected chi connectivity index (χ0v) is 12.8. The van der Waals surface area contributed by atoms with Gasteiger partial charge in [-0.25, -0.2) is 0 Å². The largest absolute Gasteiger partial charge is 0.373 e. The van der Waals surface area contributed by atoms with Gasteiger partial charge in [-0.15, -0.1) is 0 Å². The molecule has 2 aliphatic rings. The molecule has 22 heavy (non-hydrogen) atoms. The Bertz CT molecular complexity index is 725. The predicted molar refractivity (Wildman–Crippen MR) is 84.7 cm³/mol. The lowest BCUT2D eigenvalue weighted by Crippen LogP contribution is -2.35. The summed E-state index contributed by atoms with van der Waals surface area (Å²) < 4.78 is 6.01. The third kappa shape index (κ3) is 2.18. The van der Waals surface area contributed by atoms with Crippen LogP contribution in [0.4, 0.5) is 0 Å². The van der Waals surface area contributed by atoms with Crippen LogP contribution < -0.4 is 0 Å². The number of ether oxygens (including phenoxy) is 1. The van der Waals surface area contributed by atoms with E-state index >= 15 is 0 Å². The molecule has 4 rings (SSSR count). The molecule has 1 aromatic heterocycles. The van der Waals surface area contributed by atoms with Crippen molar-refractivity contribution in [1.82, 2.24) is 9.88 Å². The van der Waals surface area contributed by atoms with Crippen LogP contribution in [0.25, 0.3) is 10.9 Å². The average Bonchev–Trinajstić information content (AvgIpc) is 3.12. The van der Waals surface area contributed by atoms with E-state index in [0.717, 1.165) is 36.9 Å². The van der Waals surface area contributed by atoms with E-state index in [9.17, 15) is 4.79 Å². The van der Waals surface area contributed by atoms with E-state index in [-0.39, 0.29) is 11.5 Å². The summed E-state index contributed by atoms with van der Waals surface area (Å²) in [6.07, 6.45) is 3.75. The summed E-state index contributed by atoms with van der Waals surface area (Å²) in [7, 11) is 0. The first-order chi connectivity index (χ1) is 10.7. The van der Waals surface area contributed by atoms with E-state index in [4.69, 9.17) is 4.74 Å². The third-order valence-corrected chi connectivity index (χ3v) is 4.86. The van der Waals surface area contributed by atoms with Crippen LogP contribution in [0.5, 0.6) is 0 Å². The van der Waals surface area contributed by atoms with Crippen molar-refractivity contribution in [2.75, 3.05) is 19.7 Å². The molecular formula is C18H20N2O2. The van der Waals surface area contributed by atoms with Gasteiger partial charge in [-0.05, 0) is 30.9 Å². The molecule has 0 N–H and O–H groups in total. The molecule has 1 amide bonds. The van der Waals surface area contributed by atoms with Gasteiger partial charge in [-0.1, -0.05) is 25.1 Å². The Labute approximate surface area is 130 Å². The normalized spacial score (nSPS) is 27.9. The van der Waals surface area contributed by atoms with E-state index in [1.807, 2.05) is 35.2 Å². The molecule has 2 saturated heterocycles. The zero-order chi connectivity index (χ0) is 15.2. The minimum Gasteiger partial charge on any atom is -0.373 e. The maximum Gasteiger partial charge on any atom is 0.256 e. The van der Waals surface area contributed by atoms with E-state index in [1.54, 1.807) is 6.20 Å². The van der Waals surface area contributed by atoms with E-state index < -0.39 is 0 Å². The van der Waals surface area contributed by atoms with Crippen LogP contribution in [0.15, 0.2) is 36.5 Å². The second-order valence-electron chi connectivity index (χ2n) is 6.66. The average molecular weight is 296 g/mol. The van der Waals surface area contributed by atoms with Crippen molar-refractivity contribution < 1.29 is 9.53 Å². The molecule has 4 heteroatoms. The van der Waals surface area contributed by atoms with Gasteiger partial charge in [-0.2, -0.15) is 0 Å². The van der Waals surface area contributed by atoms with Crippen LogP contribution in [0.3, 0.4) is 0 Å². The number of fused-ring (bicyclic) bond motifs is 1. The number of amides is 1.